The van der Waals surface area contributed by atoms with Gasteiger partial charge in [-0.15, -0.1) is 0 Å². The summed E-state index contributed by atoms with van der Waals surface area (Å²) in [6, 6.07) is 3.86. The van der Waals surface area contributed by atoms with E-state index in [-0.39, 0.29) is 29.2 Å². The predicted octanol–water partition coefficient (Wildman–Crippen LogP) is 1.88. The number of nitrogens with zero attached hydrogens (tertiary/aromatic N) is 3. The first-order valence-corrected chi connectivity index (χ1v) is 11.4. The van der Waals surface area contributed by atoms with E-state index in [2.05, 4.69) is 20.4 Å². The molecule has 5 rings (SSSR count). The minimum Gasteiger partial charge on any atom is -0.381 e. The van der Waals surface area contributed by atoms with Crippen molar-refractivity contribution in [3.8, 4) is 0 Å². The number of hydrogen-bond acceptors (Lipinski definition) is 5. The number of nitrogens with one attached hydrogen (secondary N) is 2. The Hall–Kier alpha value is -2.45. The van der Waals surface area contributed by atoms with Gasteiger partial charge < -0.3 is 14.6 Å². The third-order valence-electron chi connectivity index (χ3n) is 7.23. The summed E-state index contributed by atoms with van der Waals surface area (Å²) in [5, 5.41) is 10.0. The van der Waals surface area contributed by atoms with Crippen molar-refractivity contribution in [3.05, 3.63) is 51.7 Å². The summed E-state index contributed by atoms with van der Waals surface area (Å²) < 4.78 is 7.27. The molecule has 2 aromatic rings. The van der Waals surface area contributed by atoms with Crippen LogP contribution in [0.3, 0.4) is 0 Å². The van der Waals surface area contributed by atoms with Crippen molar-refractivity contribution in [1.82, 2.24) is 25.0 Å². The van der Waals surface area contributed by atoms with E-state index in [0.29, 0.717) is 18.4 Å². The fourth-order valence-corrected chi connectivity index (χ4v) is 5.68. The fraction of sp³-hybridized carbons (Fsp3) is 0.609. The second kappa shape index (κ2) is 8.59. The van der Waals surface area contributed by atoms with Crippen molar-refractivity contribution in [1.29, 1.82) is 0 Å². The largest absolute Gasteiger partial charge is 0.381 e. The van der Waals surface area contributed by atoms with Crippen molar-refractivity contribution in [2.24, 2.45) is 5.92 Å². The molecule has 2 fully saturated rings. The molecule has 2 atom stereocenters. The van der Waals surface area contributed by atoms with Gasteiger partial charge in [-0.05, 0) is 50.2 Å². The van der Waals surface area contributed by atoms with Crippen molar-refractivity contribution in [3.63, 3.8) is 0 Å². The van der Waals surface area contributed by atoms with E-state index in [9.17, 15) is 9.59 Å². The fourth-order valence-electron chi connectivity index (χ4n) is 5.68. The number of aromatic nitrogens is 3. The van der Waals surface area contributed by atoms with Crippen LogP contribution >= 0.6 is 0 Å². The minimum absolute atomic E-state index is 0.121. The molecule has 0 radical (unpaired) electrons. The molecule has 2 N–H and O–H groups in total. The number of carbonyl (C=O) groups excluding carboxylic acids is 1. The molecular formula is C23H31N5O3. The second-order valence-electron chi connectivity index (χ2n) is 9.37. The summed E-state index contributed by atoms with van der Waals surface area (Å²) in [7, 11) is 1.74. The highest BCUT2D eigenvalue weighted by molar-refractivity contribution is 5.94. The number of piperidine rings is 1. The molecule has 8 heteroatoms. The summed E-state index contributed by atoms with van der Waals surface area (Å²) in [5.74, 6) is 0.519. The molecule has 0 unspecified atom stereocenters. The maximum Gasteiger partial charge on any atom is 0.263 e. The first kappa shape index (κ1) is 20.5. The molecule has 1 saturated heterocycles. The van der Waals surface area contributed by atoms with E-state index in [1.807, 2.05) is 23.0 Å². The number of H-pyrrole nitrogens is 1. The van der Waals surface area contributed by atoms with Crippen LogP contribution in [-0.4, -0.2) is 57.9 Å². The van der Waals surface area contributed by atoms with Gasteiger partial charge in [0, 0.05) is 62.7 Å². The Morgan fingerprint density at radius 1 is 1.23 bits per heavy atom. The minimum atomic E-state index is -0.238. The normalized spacial score (nSPS) is 28.2. The Morgan fingerprint density at radius 2 is 2.06 bits per heavy atom. The molecule has 4 heterocycles. The van der Waals surface area contributed by atoms with E-state index in [1.54, 1.807) is 13.2 Å². The summed E-state index contributed by atoms with van der Waals surface area (Å²) in [6.45, 7) is 3.45. The van der Waals surface area contributed by atoms with Gasteiger partial charge in [-0.1, -0.05) is 0 Å². The number of likely N-dealkylation sites (tertiary alicyclic amines) is 1. The van der Waals surface area contributed by atoms with Gasteiger partial charge in [0.05, 0.1) is 12.3 Å². The average molecular weight is 426 g/mol. The zero-order chi connectivity index (χ0) is 21.4. The second-order valence-corrected chi connectivity index (χ2v) is 9.37. The van der Waals surface area contributed by atoms with Gasteiger partial charge in [0.25, 0.3) is 11.5 Å². The van der Waals surface area contributed by atoms with E-state index >= 15 is 0 Å². The van der Waals surface area contributed by atoms with Gasteiger partial charge >= 0.3 is 0 Å². The number of fused-ring (bicyclic) bond motifs is 4. The molecule has 8 nitrogen and oxygen atoms in total. The topological polar surface area (TPSA) is 92.2 Å². The van der Waals surface area contributed by atoms with Gasteiger partial charge in [0.1, 0.15) is 5.56 Å². The van der Waals surface area contributed by atoms with Gasteiger partial charge in [0.15, 0.2) is 0 Å². The van der Waals surface area contributed by atoms with Crippen molar-refractivity contribution in [2.45, 2.75) is 63.3 Å². The van der Waals surface area contributed by atoms with E-state index < -0.39 is 0 Å². The number of carbonyl (C=O) groups is 1. The third-order valence-corrected chi connectivity index (χ3v) is 7.23. The van der Waals surface area contributed by atoms with E-state index in [1.165, 1.54) is 5.56 Å². The van der Waals surface area contributed by atoms with Crippen molar-refractivity contribution >= 4 is 5.91 Å². The first-order chi connectivity index (χ1) is 15.1. The van der Waals surface area contributed by atoms with Crippen LogP contribution in [-0.2, 0) is 17.8 Å². The van der Waals surface area contributed by atoms with Crippen LogP contribution in [0.1, 0.15) is 59.6 Å². The molecule has 0 spiro atoms. The number of ether oxygens (including phenoxy) is 1. The smallest absolute Gasteiger partial charge is 0.263 e. The monoisotopic (exact) mass is 425 g/mol. The Kier molecular flexibility index (Phi) is 5.67. The summed E-state index contributed by atoms with van der Waals surface area (Å²) >= 11 is 0. The quantitative estimate of drug-likeness (QED) is 0.763. The van der Waals surface area contributed by atoms with E-state index in [4.69, 9.17) is 4.74 Å². The Balaban J connectivity index is 1.29. The van der Waals surface area contributed by atoms with Gasteiger partial charge in [-0.2, -0.15) is 5.10 Å². The van der Waals surface area contributed by atoms with Crippen LogP contribution in [0.25, 0.3) is 0 Å². The summed E-state index contributed by atoms with van der Waals surface area (Å²) in [6.07, 6.45) is 8.89. The molecule has 3 aliphatic rings. The zero-order valence-corrected chi connectivity index (χ0v) is 18.0. The lowest BCUT2D eigenvalue weighted by Gasteiger charge is -2.42. The van der Waals surface area contributed by atoms with Crippen LogP contribution < -0.4 is 10.9 Å². The van der Waals surface area contributed by atoms with Crippen LogP contribution in [0.15, 0.2) is 29.3 Å². The van der Waals surface area contributed by atoms with Gasteiger partial charge in [-0.25, -0.2) is 0 Å². The SMILES string of the molecule is COC1CCC(NC(=O)c2ccc3n(c2=O)C[C@H]2C[C@@H]3CN(Cc3cn[nH]c3)C2)CC1. The maximum absolute atomic E-state index is 13.2. The molecule has 1 amide bonds. The van der Waals surface area contributed by atoms with Crippen LogP contribution in [0, 0.1) is 5.92 Å². The van der Waals surface area contributed by atoms with Crippen LogP contribution in [0.2, 0.25) is 0 Å². The third kappa shape index (κ3) is 4.19. The molecule has 1 saturated carbocycles. The number of amides is 1. The lowest BCUT2D eigenvalue weighted by atomic mass is 9.83. The van der Waals surface area contributed by atoms with Gasteiger partial charge in [-0.3, -0.25) is 19.6 Å². The standard InChI is InChI=1S/C23H31N5O3/c1-31-19-4-2-18(3-5-19)26-22(29)20-6-7-21-17-8-15(13-28(21)23(20)30)11-27(14-17)12-16-9-24-25-10-16/h6-7,9-10,15,17-19H,2-5,8,11-14H2,1H3,(H,24,25)(H,26,29)/t15-,17+,18?,19?/m0/s1. The predicted molar refractivity (Wildman–Crippen MR) is 116 cm³/mol. The molecule has 2 bridgehead atoms. The molecule has 166 valence electrons. The van der Waals surface area contributed by atoms with E-state index in [0.717, 1.165) is 57.4 Å². The average Bonchev–Trinajstić information content (AvgIpc) is 3.28. The van der Waals surface area contributed by atoms with Crippen LogP contribution in [0.5, 0.6) is 0 Å². The zero-order valence-electron chi connectivity index (χ0n) is 18.0. The lowest BCUT2D eigenvalue weighted by Crippen LogP contribution is -2.48. The van der Waals surface area contributed by atoms with Gasteiger partial charge in [0.2, 0.25) is 0 Å². The highest BCUT2D eigenvalue weighted by Gasteiger charge is 2.35. The maximum atomic E-state index is 13.2. The van der Waals surface area contributed by atoms with Crippen LogP contribution in [0.4, 0.5) is 0 Å². The number of methoxy groups -OCH3 is 1. The molecule has 2 aliphatic heterocycles. The van der Waals surface area contributed by atoms with Crippen molar-refractivity contribution in [2.75, 3.05) is 20.2 Å². The Morgan fingerprint density at radius 3 is 2.81 bits per heavy atom. The summed E-state index contributed by atoms with van der Waals surface area (Å²) in [5.41, 5.74) is 2.38. The molecule has 31 heavy (non-hydrogen) atoms. The van der Waals surface area contributed by atoms with Crippen molar-refractivity contribution < 1.29 is 9.53 Å². The number of pyridine rings is 1. The molecule has 2 aromatic heterocycles. The number of aromatic amines is 1. The number of hydrogen-bond donors (Lipinski definition) is 2. The molecular weight excluding hydrogens is 394 g/mol. The highest BCUT2D eigenvalue weighted by Crippen LogP contribution is 2.35. The first-order valence-electron chi connectivity index (χ1n) is 11.4. The Labute approximate surface area is 182 Å². The lowest BCUT2D eigenvalue weighted by molar-refractivity contribution is 0.0598. The Bertz CT molecular complexity index is 978. The molecule has 1 aliphatic carbocycles. The summed E-state index contributed by atoms with van der Waals surface area (Å²) in [4.78, 5) is 28.5. The highest BCUT2D eigenvalue weighted by atomic mass is 16.5. The number of rotatable bonds is 5. The molecule has 0 aromatic carbocycles.